The summed E-state index contributed by atoms with van der Waals surface area (Å²) in [7, 11) is -3.14. The van der Waals surface area contributed by atoms with Gasteiger partial charge in [0.15, 0.2) is 15.8 Å². The van der Waals surface area contributed by atoms with Crippen LogP contribution in [0.3, 0.4) is 0 Å². The minimum atomic E-state index is -4.34. The zero-order chi connectivity index (χ0) is 20.3. The van der Waals surface area contributed by atoms with E-state index in [1.165, 1.54) is 12.1 Å². The lowest BCUT2D eigenvalue weighted by Gasteiger charge is -2.39. The van der Waals surface area contributed by atoms with Crippen LogP contribution in [0.2, 0.25) is 0 Å². The molecule has 1 aromatic rings. The highest BCUT2D eigenvalue weighted by Gasteiger charge is 2.40. The van der Waals surface area contributed by atoms with Crippen LogP contribution >= 0.6 is 0 Å². The molecule has 1 aromatic carbocycles. The number of nitrogens with one attached hydrogen (secondary N) is 1. The summed E-state index contributed by atoms with van der Waals surface area (Å²) in [6.45, 7) is 7.11. The number of aliphatic imine (C=N–C) groups is 1. The third kappa shape index (κ3) is 5.37. The maximum absolute atomic E-state index is 12.6. The molecular weight excluding hydrogens is 379 g/mol. The number of hydrogen-bond acceptors (Lipinski definition) is 3. The number of halogens is 3. The number of alkyl halides is 3. The summed E-state index contributed by atoms with van der Waals surface area (Å²) in [6, 6.07) is 5.06. The molecule has 0 bridgehead atoms. The molecule has 0 amide bonds. The highest BCUT2D eigenvalue weighted by molar-refractivity contribution is 7.92. The van der Waals surface area contributed by atoms with Crippen molar-refractivity contribution in [3.05, 3.63) is 35.4 Å². The molecule has 1 aliphatic heterocycles. The lowest BCUT2D eigenvalue weighted by atomic mass is 10.1. The van der Waals surface area contributed by atoms with Gasteiger partial charge in [-0.15, -0.1) is 0 Å². The van der Waals surface area contributed by atoms with Gasteiger partial charge in [-0.2, -0.15) is 13.2 Å². The maximum Gasteiger partial charge on any atom is 0.416 e. The van der Waals surface area contributed by atoms with E-state index in [-0.39, 0.29) is 5.75 Å². The van der Waals surface area contributed by atoms with Crippen LogP contribution in [-0.4, -0.2) is 56.0 Å². The second kappa shape index (κ2) is 8.08. The minimum absolute atomic E-state index is 0.0727. The van der Waals surface area contributed by atoms with Crippen LogP contribution in [0.5, 0.6) is 0 Å². The van der Waals surface area contributed by atoms with Crippen molar-refractivity contribution in [2.24, 2.45) is 4.99 Å². The second-order valence-electron chi connectivity index (χ2n) is 7.18. The van der Waals surface area contributed by atoms with Crippen LogP contribution in [0, 0.1) is 0 Å². The molecule has 5 nitrogen and oxygen atoms in total. The van der Waals surface area contributed by atoms with Gasteiger partial charge in [-0.3, -0.25) is 4.99 Å². The summed E-state index contributed by atoms with van der Waals surface area (Å²) in [5, 5.41) is 3.17. The lowest BCUT2D eigenvalue weighted by molar-refractivity contribution is -0.137. The molecule has 0 atom stereocenters. The Labute approximate surface area is 158 Å². The molecule has 1 saturated heterocycles. The number of hydrogen-bond donors (Lipinski definition) is 1. The van der Waals surface area contributed by atoms with Gasteiger partial charge in [0.25, 0.3) is 0 Å². The number of nitrogens with zero attached hydrogens (tertiary/aromatic N) is 2. The molecule has 0 saturated carbocycles. The SMILES string of the molecule is CCNC(=NCCc1ccc(C(F)(F)F)cc1)N1CCS(=O)(=O)C(C)(C)C1. The fourth-order valence-corrected chi connectivity index (χ4v) is 4.27. The molecule has 27 heavy (non-hydrogen) atoms. The topological polar surface area (TPSA) is 61.8 Å². The van der Waals surface area contributed by atoms with Gasteiger partial charge >= 0.3 is 6.18 Å². The normalized spacial score (nSPS) is 19.8. The predicted molar refractivity (Wildman–Crippen MR) is 101 cm³/mol. The van der Waals surface area contributed by atoms with Crippen molar-refractivity contribution in [3.63, 3.8) is 0 Å². The first kappa shape index (κ1) is 21.5. The first-order valence-corrected chi connectivity index (χ1v) is 10.5. The smallest absolute Gasteiger partial charge is 0.357 e. The molecule has 152 valence electrons. The van der Waals surface area contributed by atoms with Crippen LogP contribution in [0.15, 0.2) is 29.3 Å². The number of sulfone groups is 1. The van der Waals surface area contributed by atoms with E-state index in [0.29, 0.717) is 38.6 Å². The van der Waals surface area contributed by atoms with Gasteiger partial charge in [0, 0.05) is 26.2 Å². The van der Waals surface area contributed by atoms with E-state index >= 15 is 0 Å². The average Bonchev–Trinajstić information content (AvgIpc) is 2.56. The molecule has 0 aromatic heterocycles. The standard InChI is InChI=1S/C18H26F3N3O2S/c1-4-22-16(24-11-12-27(25,26)17(2,3)13-24)23-10-9-14-5-7-15(8-6-14)18(19,20)21/h5-8H,4,9-13H2,1-3H3,(H,22,23). The Bertz CT molecular complexity index is 772. The molecule has 0 radical (unpaired) electrons. The van der Waals surface area contributed by atoms with E-state index in [1.807, 2.05) is 11.8 Å². The summed E-state index contributed by atoms with van der Waals surface area (Å²) < 4.78 is 61.3. The van der Waals surface area contributed by atoms with Crippen molar-refractivity contribution in [3.8, 4) is 0 Å². The monoisotopic (exact) mass is 405 g/mol. The zero-order valence-corrected chi connectivity index (χ0v) is 16.6. The van der Waals surface area contributed by atoms with Crippen molar-refractivity contribution >= 4 is 15.8 Å². The van der Waals surface area contributed by atoms with E-state index in [4.69, 9.17) is 0 Å². The average molecular weight is 405 g/mol. The summed E-state index contributed by atoms with van der Waals surface area (Å²) in [5.41, 5.74) is 0.101. The summed E-state index contributed by atoms with van der Waals surface area (Å²) in [6.07, 6.45) is -3.83. The van der Waals surface area contributed by atoms with E-state index in [0.717, 1.165) is 17.7 Å². The summed E-state index contributed by atoms with van der Waals surface area (Å²) in [4.78, 5) is 6.46. The van der Waals surface area contributed by atoms with Gasteiger partial charge in [0.2, 0.25) is 0 Å². The van der Waals surface area contributed by atoms with E-state index in [9.17, 15) is 21.6 Å². The minimum Gasteiger partial charge on any atom is -0.357 e. The Hall–Kier alpha value is -1.77. The third-order valence-corrected chi connectivity index (χ3v) is 7.15. The van der Waals surface area contributed by atoms with Crippen LogP contribution in [0.25, 0.3) is 0 Å². The van der Waals surface area contributed by atoms with Gasteiger partial charge < -0.3 is 10.2 Å². The molecule has 1 heterocycles. The van der Waals surface area contributed by atoms with Crippen LogP contribution in [0.4, 0.5) is 13.2 Å². The van der Waals surface area contributed by atoms with Gasteiger partial charge in [-0.1, -0.05) is 12.1 Å². The Balaban J connectivity index is 2.04. The molecular formula is C18H26F3N3O2S. The maximum atomic E-state index is 12.6. The number of rotatable bonds is 4. The molecule has 0 spiro atoms. The Morgan fingerprint density at radius 1 is 1.26 bits per heavy atom. The van der Waals surface area contributed by atoms with E-state index in [2.05, 4.69) is 10.3 Å². The van der Waals surface area contributed by atoms with Crippen molar-refractivity contribution < 1.29 is 21.6 Å². The predicted octanol–water partition coefficient (Wildman–Crippen LogP) is 2.72. The summed E-state index contributed by atoms with van der Waals surface area (Å²) in [5.74, 6) is 0.705. The van der Waals surface area contributed by atoms with Gasteiger partial charge in [-0.05, 0) is 44.9 Å². The molecule has 2 rings (SSSR count). The fourth-order valence-electron chi connectivity index (χ4n) is 2.90. The van der Waals surface area contributed by atoms with Crippen LogP contribution in [0.1, 0.15) is 31.9 Å². The largest absolute Gasteiger partial charge is 0.416 e. The van der Waals surface area contributed by atoms with Crippen molar-refractivity contribution in [1.82, 2.24) is 10.2 Å². The lowest BCUT2D eigenvalue weighted by Crippen LogP contribution is -2.57. The third-order valence-electron chi connectivity index (χ3n) is 4.62. The molecule has 1 N–H and O–H groups in total. The quantitative estimate of drug-likeness (QED) is 0.618. The van der Waals surface area contributed by atoms with Gasteiger partial charge in [-0.25, -0.2) is 8.42 Å². The van der Waals surface area contributed by atoms with Crippen molar-refractivity contribution in [1.29, 1.82) is 0 Å². The fraction of sp³-hybridized carbons (Fsp3) is 0.611. The zero-order valence-electron chi connectivity index (χ0n) is 15.8. The van der Waals surface area contributed by atoms with Crippen LogP contribution < -0.4 is 5.32 Å². The van der Waals surface area contributed by atoms with Gasteiger partial charge in [0.05, 0.1) is 16.1 Å². The Morgan fingerprint density at radius 2 is 1.89 bits per heavy atom. The highest BCUT2D eigenvalue weighted by Crippen LogP contribution is 2.29. The highest BCUT2D eigenvalue weighted by atomic mass is 32.2. The Morgan fingerprint density at radius 3 is 2.41 bits per heavy atom. The van der Waals surface area contributed by atoms with E-state index < -0.39 is 26.3 Å². The number of benzene rings is 1. The van der Waals surface area contributed by atoms with Crippen LogP contribution in [-0.2, 0) is 22.4 Å². The first-order chi connectivity index (χ1) is 12.5. The molecule has 0 aliphatic carbocycles. The molecule has 1 aliphatic rings. The second-order valence-corrected chi connectivity index (χ2v) is 9.92. The molecule has 9 heteroatoms. The number of guanidine groups is 1. The van der Waals surface area contributed by atoms with Gasteiger partial charge in [0.1, 0.15) is 0 Å². The summed E-state index contributed by atoms with van der Waals surface area (Å²) >= 11 is 0. The molecule has 0 unspecified atom stereocenters. The molecule has 1 fully saturated rings. The van der Waals surface area contributed by atoms with Crippen molar-refractivity contribution in [2.75, 3.05) is 31.9 Å². The van der Waals surface area contributed by atoms with Crippen molar-refractivity contribution in [2.45, 2.75) is 38.1 Å². The Kier molecular flexibility index (Phi) is 6.44. The first-order valence-electron chi connectivity index (χ1n) is 8.88. The van der Waals surface area contributed by atoms with E-state index in [1.54, 1.807) is 13.8 Å².